The van der Waals surface area contributed by atoms with E-state index in [4.69, 9.17) is 33.2 Å². The molecular formula is C37H36O8. The normalized spacial score (nSPS) is 11.8. The van der Waals surface area contributed by atoms with Crippen LogP contribution in [-0.2, 0) is 15.9 Å². The van der Waals surface area contributed by atoms with Gasteiger partial charge in [-0.3, -0.25) is 0 Å². The molecule has 0 spiro atoms. The standard InChI is InChI=1S/C37H36O8/c1-4-36(40-6-3)44-31-14-12-30(13-15-31)42-25-43-32-16-18-34-27(23-32)22-28-24-33(17-19-35(28)34)45-37(38)26-8-10-29(11-9-26)41-21-7-20-39-5-2/h5-6,8-19,23-24,36H,2-4,7,20-22,25H2,1H3. The lowest BCUT2D eigenvalue weighted by Crippen LogP contribution is -2.16. The van der Waals surface area contributed by atoms with E-state index < -0.39 is 5.97 Å². The maximum atomic E-state index is 12.8. The first-order valence-corrected chi connectivity index (χ1v) is 14.8. The van der Waals surface area contributed by atoms with Gasteiger partial charge in [-0.15, -0.1) is 0 Å². The summed E-state index contributed by atoms with van der Waals surface area (Å²) < 4.78 is 39.1. The maximum Gasteiger partial charge on any atom is 0.343 e. The van der Waals surface area contributed by atoms with E-state index in [-0.39, 0.29) is 13.1 Å². The molecule has 0 radical (unpaired) electrons. The molecule has 232 valence electrons. The zero-order chi connectivity index (χ0) is 31.4. The number of ether oxygens (including phenoxy) is 7. The van der Waals surface area contributed by atoms with Gasteiger partial charge in [-0.25, -0.2) is 4.79 Å². The largest absolute Gasteiger partial charge is 0.502 e. The summed E-state index contributed by atoms with van der Waals surface area (Å²) in [5, 5.41) is 0. The van der Waals surface area contributed by atoms with Crippen LogP contribution in [0.1, 0.15) is 41.3 Å². The Morgan fingerprint density at radius 3 is 2.02 bits per heavy atom. The van der Waals surface area contributed by atoms with Gasteiger partial charge in [-0.2, -0.15) is 0 Å². The van der Waals surface area contributed by atoms with Gasteiger partial charge < -0.3 is 33.2 Å². The van der Waals surface area contributed by atoms with Gasteiger partial charge >= 0.3 is 5.97 Å². The third-order valence-corrected chi connectivity index (χ3v) is 7.04. The second-order valence-electron chi connectivity index (χ2n) is 10.1. The number of hydrogen-bond donors (Lipinski definition) is 0. The Hall–Kier alpha value is -5.37. The van der Waals surface area contributed by atoms with Gasteiger partial charge in [0, 0.05) is 12.8 Å². The fraction of sp³-hybridized carbons (Fsp3) is 0.216. The number of esters is 1. The highest BCUT2D eigenvalue weighted by Gasteiger charge is 2.20. The molecule has 0 aliphatic heterocycles. The van der Waals surface area contributed by atoms with Crippen LogP contribution in [0.4, 0.5) is 0 Å². The molecule has 0 saturated carbocycles. The SMILES string of the molecule is C=COCCCOc1ccc(C(=O)Oc2ccc3c(c2)Cc2cc(OCOc4ccc(OC(CC)OC=C)cc4)ccc2-3)cc1. The summed E-state index contributed by atoms with van der Waals surface area (Å²) in [5.41, 5.74) is 4.89. The van der Waals surface area contributed by atoms with Crippen LogP contribution >= 0.6 is 0 Å². The molecule has 4 aromatic carbocycles. The van der Waals surface area contributed by atoms with E-state index in [0.717, 1.165) is 28.7 Å². The topological polar surface area (TPSA) is 81.7 Å². The molecule has 1 atom stereocenters. The molecule has 0 N–H and O–H groups in total. The molecule has 8 heteroatoms. The Morgan fingerprint density at radius 1 is 0.733 bits per heavy atom. The summed E-state index contributed by atoms with van der Waals surface area (Å²) in [5.74, 6) is 2.78. The van der Waals surface area contributed by atoms with Crippen molar-refractivity contribution in [2.24, 2.45) is 0 Å². The minimum atomic E-state index is -0.430. The van der Waals surface area contributed by atoms with Crippen LogP contribution in [0, 0.1) is 0 Å². The number of carbonyl (C=O) groups excluding carboxylic acids is 1. The summed E-state index contributed by atoms with van der Waals surface area (Å²) in [7, 11) is 0. The van der Waals surface area contributed by atoms with Crippen LogP contribution in [0.3, 0.4) is 0 Å². The molecule has 0 aromatic heterocycles. The Kier molecular flexibility index (Phi) is 10.6. The minimum absolute atomic E-state index is 0.0565. The Balaban J connectivity index is 1.11. The zero-order valence-electron chi connectivity index (χ0n) is 25.2. The van der Waals surface area contributed by atoms with Gasteiger partial charge in [0.05, 0.1) is 31.3 Å². The van der Waals surface area contributed by atoms with Crippen molar-refractivity contribution in [3.05, 3.63) is 127 Å². The summed E-state index contributed by atoms with van der Waals surface area (Å²) >= 11 is 0. The maximum absolute atomic E-state index is 12.8. The van der Waals surface area contributed by atoms with Crippen LogP contribution in [0.25, 0.3) is 11.1 Å². The van der Waals surface area contributed by atoms with Crippen LogP contribution in [0.5, 0.6) is 28.7 Å². The van der Waals surface area contributed by atoms with E-state index in [1.807, 2.05) is 67.6 Å². The quantitative estimate of drug-likeness (QED) is 0.0344. The summed E-state index contributed by atoms with van der Waals surface area (Å²) in [4.78, 5) is 12.8. The summed E-state index contributed by atoms with van der Waals surface area (Å²) in [6.45, 7) is 10.2. The van der Waals surface area contributed by atoms with Crippen molar-refractivity contribution in [1.29, 1.82) is 0 Å². The second kappa shape index (κ2) is 15.4. The molecule has 0 fully saturated rings. The van der Waals surface area contributed by atoms with E-state index in [2.05, 4.69) is 13.2 Å². The Labute approximate surface area is 263 Å². The van der Waals surface area contributed by atoms with Crippen molar-refractivity contribution in [2.75, 3.05) is 20.0 Å². The van der Waals surface area contributed by atoms with Crippen molar-refractivity contribution in [1.82, 2.24) is 0 Å². The lowest BCUT2D eigenvalue weighted by atomic mass is 10.1. The average Bonchev–Trinajstić information content (AvgIpc) is 3.42. The summed E-state index contributed by atoms with van der Waals surface area (Å²) in [6, 6.07) is 25.9. The van der Waals surface area contributed by atoms with Gasteiger partial charge in [0.25, 0.3) is 0 Å². The molecule has 1 aliphatic rings. The summed E-state index contributed by atoms with van der Waals surface area (Å²) in [6.07, 6.45) is 4.53. The predicted molar refractivity (Wildman–Crippen MR) is 171 cm³/mol. The molecule has 5 rings (SSSR count). The van der Waals surface area contributed by atoms with Crippen molar-refractivity contribution in [3.8, 4) is 39.9 Å². The highest BCUT2D eigenvalue weighted by atomic mass is 16.7. The first-order valence-electron chi connectivity index (χ1n) is 14.8. The van der Waals surface area contributed by atoms with E-state index in [0.29, 0.717) is 60.4 Å². The molecule has 0 heterocycles. The highest BCUT2D eigenvalue weighted by molar-refractivity contribution is 5.91. The van der Waals surface area contributed by atoms with Crippen LogP contribution in [-0.4, -0.2) is 32.3 Å². The molecular weight excluding hydrogens is 572 g/mol. The van der Waals surface area contributed by atoms with Gasteiger partial charge in [0.1, 0.15) is 28.7 Å². The predicted octanol–water partition coefficient (Wildman–Crippen LogP) is 8.10. The third-order valence-electron chi connectivity index (χ3n) is 7.04. The molecule has 45 heavy (non-hydrogen) atoms. The van der Waals surface area contributed by atoms with Crippen molar-refractivity contribution in [3.63, 3.8) is 0 Å². The second-order valence-corrected chi connectivity index (χ2v) is 10.1. The van der Waals surface area contributed by atoms with Crippen LogP contribution < -0.4 is 23.7 Å². The van der Waals surface area contributed by atoms with Gasteiger partial charge in [0.2, 0.25) is 13.1 Å². The van der Waals surface area contributed by atoms with Gasteiger partial charge in [-0.1, -0.05) is 32.2 Å². The number of hydrogen-bond acceptors (Lipinski definition) is 8. The molecule has 0 bridgehead atoms. The lowest BCUT2D eigenvalue weighted by Gasteiger charge is -2.16. The number of carbonyl (C=O) groups is 1. The van der Waals surface area contributed by atoms with E-state index in [9.17, 15) is 4.79 Å². The monoisotopic (exact) mass is 608 g/mol. The smallest absolute Gasteiger partial charge is 0.343 e. The Bertz CT molecular complexity index is 1590. The lowest BCUT2D eigenvalue weighted by molar-refractivity contribution is -0.0309. The number of rotatable bonds is 17. The molecule has 8 nitrogen and oxygen atoms in total. The van der Waals surface area contributed by atoms with Crippen molar-refractivity contribution in [2.45, 2.75) is 32.5 Å². The minimum Gasteiger partial charge on any atom is -0.502 e. The van der Waals surface area contributed by atoms with Gasteiger partial charge in [-0.05, 0) is 101 Å². The average molecular weight is 609 g/mol. The fourth-order valence-electron chi connectivity index (χ4n) is 4.83. The number of benzene rings is 4. The van der Waals surface area contributed by atoms with Crippen LogP contribution in [0.15, 0.2) is 111 Å². The molecule has 1 aliphatic carbocycles. The molecule has 1 unspecified atom stereocenters. The first-order chi connectivity index (χ1) is 22.1. The van der Waals surface area contributed by atoms with E-state index in [1.165, 1.54) is 12.5 Å². The van der Waals surface area contributed by atoms with E-state index >= 15 is 0 Å². The van der Waals surface area contributed by atoms with Crippen LogP contribution in [0.2, 0.25) is 0 Å². The van der Waals surface area contributed by atoms with Gasteiger partial charge in [0.15, 0.2) is 0 Å². The molecule has 0 saturated heterocycles. The molecule has 0 amide bonds. The van der Waals surface area contributed by atoms with Crippen molar-refractivity contribution >= 4 is 5.97 Å². The molecule has 4 aromatic rings. The third kappa shape index (κ3) is 8.38. The number of fused-ring (bicyclic) bond motifs is 3. The first kappa shape index (κ1) is 31.1. The van der Waals surface area contributed by atoms with Crippen molar-refractivity contribution < 1.29 is 38.0 Å². The highest BCUT2D eigenvalue weighted by Crippen LogP contribution is 2.40. The Morgan fingerprint density at radius 2 is 1.33 bits per heavy atom. The zero-order valence-corrected chi connectivity index (χ0v) is 25.2. The van der Waals surface area contributed by atoms with E-state index in [1.54, 1.807) is 24.3 Å². The fourth-order valence-corrected chi connectivity index (χ4v) is 4.83.